The molecular formula is C17H23ClN2O. The molecule has 2 aliphatic heterocycles. The number of amides is 1. The van der Waals surface area contributed by atoms with E-state index in [1.165, 1.54) is 0 Å². The predicted octanol–water partition coefficient (Wildman–Crippen LogP) is 2.87. The van der Waals surface area contributed by atoms with E-state index in [1.807, 2.05) is 18.2 Å². The van der Waals surface area contributed by atoms with Crippen molar-refractivity contribution in [2.45, 2.75) is 38.1 Å². The fraction of sp³-hybridized carbons (Fsp3) is 0.588. The van der Waals surface area contributed by atoms with Crippen molar-refractivity contribution in [2.75, 3.05) is 19.6 Å². The van der Waals surface area contributed by atoms with E-state index in [2.05, 4.69) is 16.3 Å². The van der Waals surface area contributed by atoms with Gasteiger partial charge in [0.15, 0.2) is 0 Å². The zero-order valence-electron chi connectivity index (χ0n) is 12.4. The van der Waals surface area contributed by atoms with Crippen molar-refractivity contribution in [3.63, 3.8) is 0 Å². The first kappa shape index (κ1) is 14.9. The van der Waals surface area contributed by atoms with Crippen LogP contribution in [0.15, 0.2) is 24.3 Å². The lowest BCUT2D eigenvalue weighted by molar-refractivity contribution is -0.137. The highest BCUT2D eigenvalue weighted by Gasteiger charge is 2.33. The van der Waals surface area contributed by atoms with Gasteiger partial charge in [0.05, 0.1) is 0 Å². The quantitative estimate of drug-likeness (QED) is 0.931. The standard InChI is InChI=1S/C17H23ClN2O/c18-16-6-2-1-4-14(16)12-15-5-3-11-20(15)17(21)13-7-9-19-10-8-13/h1-2,4,6,13,15,19H,3,5,7-12H2. The van der Waals surface area contributed by atoms with Crippen LogP contribution in [0.2, 0.25) is 5.02 Å². The summed E-state index contributed by atoms with van der Waals surface area (Å²) in [7, 11) is 0. The molecule has 3 nitrogen and oxygen atoms in total. The Labute approximate surface area is 131 Å². The Balaban J connectivity index is 1.67. The predicted molar refractivity (Wildman–Crippen MR) is 85.5 cm³/mol. The molecular weight excluding hydrogens is 284 g/mol. The summed E-state index contributed by atoms with van der Waals surface area (Å²) in [6.07, 6.45) is 5.06. The number of hydrogen-bond donors (Lipinski definition) is 1. The van der Waals surface area contributed by atoms with Crippen LogP contribution in [0.5, 0.6) is 0 Å². The Bertz CT molecular complexity index is 499. The number of rotatable bonds is 3. The maximum absolute atomic E-state index is 12.8. The van der Waals surface area contributed by atoms with E-state index in [4.69, 9.17) is 11.6 Å². The van der Waals surface area contributed by atoms with Crippen LogP contribution in [-0.4, -0.2) is 36.5 Å². The van der Waals surface area contributed by atoms with Crippen molar-refractivity contribution in [3.8, 4) is 0 Å². The molecule has 1 aromatic carbocycles. The van der Waals surface area contributed by atoms with Gasteiger partial charge in [0, 0.05) is 23.5 Å². The first-order chi connectivity index (χ1) is 10.3. The van der Waals surface area contributed by atoms with Gasteiger partial charge in [0.25, 0.3) is 0 Å². The Hall–Kier alpha value is -1.06. The van der Waals surface area contributed by atoms with Crippen LogP contribution < -0.4 is 5.32 Å². The summed E-state index contributed by atoms with van der Waals surface area (Å²) in [6, 6.07) is 8.32. The Morgan fingerprint density at radius 3 is 2.76 bits per heavy atom. The van der Waals surface area contributed by atoms with Gasteiger partial charge in [-0.05, 0) is 56.8 Å². The summed E-state index contributed by atoms with van der Waals surface area (Å²) < 4.78 is 0. The lowest BCUT2D eigenvalue weighted by Crippen LogP contribution is -2.43. The van der Waals surface area contributed by atoms with Gasteiger partial charge in [-0.2, -0.15) is 0 Å². The fourth-order valence-corrected chi connectivity index (χ4v) is 3.77. The number of benzene rings is 1. The summed E-state index contributed by atoms with van der Waals surface area (Å²) in [5.74, 6) is 0.587. The molecule has 0 aromatic heterocycles. The summed E-state index contributed by atoms with van der Waals surface area (Å²) in [5.41, 5.74) is 1.16. The van der Waals surface area contributed by atoms with Gasteiger partial charge in [-0.3, -0.25) is 4.79 Å². The van der Waals surface area contributed by atoms with Crippen LogP contribution in [-0.2, 0) is 11.2 Å². The average molecular weight is 307 g/mol. The zero-order chi connectivity index (χ0) is 14.7. The van der Waals surface area contributed by atoms with E-state index < -0.39 is 0 Å². The number of nitrogens with zero attached hydrogens (tertiary/aromatic N) is 1. The molecule has 1 unspecified atom stereocenters. The number of piperidine rings is 1. The molecule has 2 heterocycles. The molecule has 4 heteroatoms. The Morgan fingerprint density at radius 2 is 2.00 bits per heavy atom. The van der Waals surface area contributed by atoms with Crippen molar-refractivity contribution in [1.29, 1.82) is 0 Å². The summed E-state index contributed by atoms with van der Waals surface area (Å²) in [4.78, 5) is 14.9. The smallest absolute Gasteiger partial charge is 0.226 e. The molecule has 0 radical (unpaired) electrons. The molecule has 1 amide bonds. The lowest BCUT2D eigenvalue weighted by atomic mass is 9.95. The van der Waals surface area contributed by atoms with Gasteiger partial charge >= 0.3 is 0 Å². The molecule has 21 heavy (non-hydrogen) atoms. The second-order valence-electron chi connectivity index (χ2n) is 6.15. The number of hydrogen-bond acceptors (Lipinski definition) is 2. The molecule has 1 N–H and O–H groups in total. The minimum absolute atomic E-state index is 0.220. The number of nitrogens with one attached hydrogen (secondary N) is 1. The maximum atomic E-state index is 12.8. The highest BCUT2D eigenvalue weighted by molar-refractivity contribution is 6.31. The molecule has 1 aromatic rings. The van der Waals surface area contributed by atoms with Crippen LogP contribution in [0.1, 0.15) is 31.2 Å². The zero-order valence-corrected chi connectivity index (χ0v) is 13.1. The monoisotopic (exact) mass is 306 g/mol. The third-order valence-corrected chi connectivity index (χ3v) is 5.13. The lowest BCUT2D eigenvalue weighted by Gasteiger charge is -2.31. The first-order valence-corrected chi connectivity index (χ1v) is 8.38. The van der Waals surface area contributed by atoms with Crippen molar-refractivity contribution in [1.82, 2.24) is 10.2 Å². The van der Waals surface area contributed by atoms with E-state index in [-0.39, 0.29) is 5.92 Å². The minimum atomic E-state index is 0.220. The van der Waals surface area contributed by atoms with Gasteiger partial charge < -0.3 is 10.2 Å². The maximum Gasteiger partial charge on any atom is 0.226 e. The molecule has 0 saturated carbocycles. The highest BCUT2D eigenvalue weighted by atomic mass is 35.5. The van der Waals surface area contributed by atoms with Gasteiger partial charge in [-0.1, -0.05) is 29.8 Å². The first-order valence-electron chi connectivity index (χ1n) is 8.00. The largest absolute Gasteiger partial charge is 0.339 e. The number of halogens is 1. The van der Waals surface area contributed by atoms with Gasteiger partial charge in [-0.15, -0.1) is 0 Å². The van der Waals surface area contributed by atoms with Crippen LogP contribution in [0.3, 0.4) is 0 Å². The normalized spacial score (nSPS) is 23.5. The van der Waals surface area contributed by atoms with Crippen LogP contribution in [0.25, 0.3) is 0 Å². The average Bonchev–Trinajstić information content (AvgIpc) is 2.98. The SMILES string of the molecule is O=C(C1CCNCC1)N1CCCC1Cc1ccccc1Cl. The molecule has 2 saturated heterocycles. The third-order valence-electron chi connectivity index (χ3n) is 4.76. The number of carbonyl (C=O) groups is 1. The molecule has 3 rings (SSSR count). The van der Waals surface area contributed by atoms with Crippen molar-refractivity contribution in [2.24, 2.45) is 5.92 Å². The van der Waals surface area contributed by atoms with Gasteiger partial charge in [-0.25, -0.2) is 0 Å². The van der Waals surface area contributed by atoms with E-state index >= 15 is 0 Å². The Kier molecular flexibility index (Phi) is 4.81. The number of likely N-dealkylation sites (tertiary alicyclic amines) is 1. The minimum Gasteiger partial charge on any atom is -0.339 e. The van der Waals surface area contributed by atoms with Crippen molar-refractivity contribution >= 4 is 17.5 Å². The summed E-state index contributed by atoms with van der Waals surface area (Å²) in [5, 5.41) is 4.15. The fourth-order valence-electron chi connectivity index (χ4n) is 3.56. The second kappa shape index (κ2) is 6.80. The highest BCUT2D eigenvalue weighted by Crippen LogP contribution is 2.27. The van der Waals surface area contributed by atoms with Gasteiger partial charge in [0.1, 0.15) is 0 Å². The molecule has 114 valence electrons. The van der Waals surface area contributed by atoms with Crippen LogP contribution in [0, 0.1) is 5.92 Å². The van der Waals surface area contributed by atoms with E-state index in [0.717, 1.165) is 62.3 Å². The second-order valence-corrected chi connectivity index (χ2v) is 6.55. The topological polar surface area (TPSA) is 32.3 Å². The molecule has 0 spiro atoms. The van der Waals surface area contributed by atoms with E-state index in [1.54, 1.807) is 0 Å². The Morgan fingerprint density at radius 1 is 1.24 bits per heavy atom. The van der Waals surface area contributed by atoms with E-state index in [9.17, 15) is 4.79 Å². The molecule has 2 aliphatic rings. The molecule has 2 fully saturated rings. The van der Waals surface area contributed by atoms with Crippen molar-refractivity contribution < 1.29 is 4.79 Å². The number of carbonyl (C=O) groups excluding carboxylic acids is 1. The summed E-state index contributed by atoms with van der Waals surface area (Å²) in [6.45, 7) is 2.86. The molecule has 1 atom stereocenters. The van der Waals surface area contributed by atoms with Crippen LogP contribution >= 0.6 is 11.6 Å². The van der Waals surface area contributed by atoms with E-state index in [0.29, 0.717) is 11.9 Å². The molecule has 0 aliphatic carbocycles. The van der Waals surface area contributed by atoms with Crippen molar-refractivity contribution in [3.05, 3.63) is 34.9 Å². The molecule has 0 bridgehead atoms. The summed E-state index contributed by atoms with van der Waals surface area (Å²) >= 11 is 6.27. The van der Waals surface area contributed by atoms with Crippen LogP contribution in [0.4, 0.5) is 0 Å². The van der Waals surface area contributed by atoms with Gasteiger partial charge in [0.2, 0.25) is 5.91 Å². The third kappa shape index (κ3) is 3.41.